The number of hydrogen-bond acceptors (Lipinski definition) is 4. The largest absolute Gasteiger partial charge is 0.479 e. The maximum Gasteiger partial charge on any atom is 0.332 e. The Balaban J connectivity index is 2.25. The molecule has 1 aromatic rings. The van der Waals surface area contributed by atoms with E-state index < -0.39 is 11.5 Å². The van der Waals surface area contributed by atoms with Crippen LogP contribution in [0.4, 0.5) is 0 Å². The second kappa shape index (κ2) is 6.89. The molecule has 1 aliphatic heterocycles. The first-order valence-electron chi connectivity index (χ1n) is 7.17. The number of amides is 1. The molecule has 0 aromatic heterocycles. The van der Waals surface area contributed by atoms with Gasteiger partial charge >= 0.3 is 5.97 Å². The minimum absolute atomic E-state index is 0.00414. The van der Waals surface area contributed by atoms with Crippen LogP contribution in [0.3, 0.4) is 0 Å². The molecule has 120 valence electrons. The van der Waals surface area contributed by atoms with Crippen LogP contribution in [0.2, 0.25) is 0 Å². The molecule has 0 bridgehead atoms. The molecule has 1 saturated heterocycles. The van der Waals surface area contributed by atoms with Gasteiger partial charge in [0.2, 0.25) is 0 Å². The van der Waals surface area contributed by atoms with Gasteiger partial charge in [-0.15, -0.1) is 0 Å². The lowest BCUT2D eigenvalue weighted by atomic mass is 9.96. The van der Waals surface area contributed by atoms with E-state index in [1.807, 2.05) is 12.1 Å². The Morgan fingerprint density at radius 2 is 1.91 bits per heavy atom. The number of carboxylic acids is 1. The van der Waals surface area contributed by atoms with E-state index in [0.29, 0.717) is 31.6 Å². The number of rotatable bonds is 6. The summed E-state index contributed by atoms with van der Waals surface area (Å²) in [5.41, 5.74) is 0.169. The van der Waals surface area contributed by atoms with Gasteiger partial charge in [-0.2, -0.15) is 0 Å². The average molecular weight is 307 g/mol. The molecule has 0 spiro atoms. The molecular weight excluding hydrogens is 286 g/mol. The Morgan fingerprint density at radius 3 is 2.45 bits per heavy atom. The van der Waals surface area contributed by atoms with Crippen LogP contribution in [-0.4, -0.2) is 54.8 Å². The van der Waals surface area contributed by atoms with Crippen molar-refractivity contribution in [3.05, 3.63) is 35.4 Å². The van der Waals surface area contributed by atoms with Gasteiger partial charge in [0.25, 0.3) is 5.91 Å². The second-order valence-corrected chi connectivity index (χ2v) is 5.46. The van der Waals surface area contributed by atoms with Crippen molar-refractivity contribution in [2.75, 3.05) is 27.4 Å². The van der Waals surface area contributed by atoms with E-state index in [4.69, 9.17) is 9.47 Å². The average Bonchev–Trinajstić information content (AvgIpc) is 2.93. The first kappa shape index (κ1) is 16.5. The van der Waals surface area contributed by atoms with Crippen LogP contribution >= 0.6 is 0 Å². The summed E-state index contributed by atoms with van der Waals surface area (Å²) in [6, 6.07) is 7.03. The molecule has 1 amide bonds. The van der Waals surface area contributed by atoms with Crippen LogP contribution in [0.1, 0.15) is 28.8 Å². The highest BCUT2D eigenvalue weighted by Gasteiger charge is 2.50. The third-order valence-electron chi connectivity index (χ3n) is 4.03. The van der Waals surface area contributed by atoms with Crippen molar-refractivity contribution in [1.82, 2.24) is 4.90 Å². The second-order valence-electron chi connectivity index (χ2n) is 5.46. The van der Waals surface area contributed by atoms with Crippen molar-refractivity contribution < 1.29 is 24.2 Å². The summed E-state index contributed by atoms with van der Waals surface area (Å²) >= 11 is 0. The number of hydrogen-bond donors (Lipinski definition) is 1. The minimum Gasteiger partial charge on any atom is -0.479 e. The molecule has 0 radical (unpaired) electrons. The van der Waals surface area contributed by atoms with E-state index in [2.05, 4.69) is 0 Å². The van der Waals surface area contributed by atoms with E-state index in [9.17, 15) is 14.7 Å². The van der Waals surface area contributed by atoms with Crippen LogP contribution in [0, 0.1) is 0 Å². The van der Waals surface area contributed by atoms with E-state index in [-0.39, 0.29) is 12.5 Å². The zero-order chi connectivity index (χ0) is 16.2. The summed E-state index contributed by atoms with van der Waals surface area (Å²) in [5, 5.41) is 9.58. The summed E-state index contributed by atoms with van der Waals surface area (Å²) in [6.45, 7) is 0.894. The Morgan fingerprint density at radius 1 is 1.23 bits per heavy atom. The maximum absolute atomic E-state index is 12.7. The number of nitrogens with zero attached hydrogens (tertiary/aromatic N) is 1. The van der Waals surface area contributed by atoms with Crippen molar-refractivity contribution in [3.63, 3.8) is 0 Å². The number of aliphatic carboxylic acids is 1. The molecule has 1 N–H and O–H groups in total. The third-order valence-corrected chi connectivity index (χ3v) is 4.03. The van der Waals surface area contributed by atoms with Gasteiger partial charge in [-0.05, 0) is 30.5 Å². The number of likely N-dealkylation sites (tertiary alicyclic amines) is 1. The van der Waals surface area contributed by atoms with Crippen LogP contribution < -0.4 is 0 Å². The Hall–Kier alpha value is -1.92. The van der Waals surface area contributed by atoms with Gasteiger partial charge in [0.05, 0.1) is 13.2 Å². The molecule has 1 aliphatic rings. The minimum atomic E-state index is -1.27. The summed E-state index contributed by atoms with van der Waals surface area (Å²) in [5.74, 6) is -1.29. The van der Waals surface area contributed by atoms with Crippen LogP contribution in [-0.2, 0) is 20.9 Å². The predicted octanol–water partition coefficient (Wildman–Crippen LogP) is 1.54. The SMILES string of the molecule is COCc1ccc(C(=O)N2CCCC2(COC)C(=O)O)cc1. The fourth-order valence-corrected chi connectivity index (χ4v) is 2.91. The topological polar surface area (TPSA) is 76.1 Å². The fraction of sp³-hybridized carbons (Fsp3) is 0.500. The van der Waals surface area contributed by atoms with Crippen LogP contribution in [0.25, 0.3) is 0 Å². The fourth-order valence-electron chi connectivity index (χ4n) is 2.91. The molecule has 6 heteroatoms. The smallest absolute Gasteiger partial charge is 0.332 e. The molecule has 0 saturated carbocycles. The zero-order valence-corrected chi connectivity index (χ0v) is 12.9. The Kier molecular flexibility index (Phi) is 5.15. The molecule has 6 nitrogen and oxygen atoms in total. The van der Waals surface area contributed by atoms with Gasteiger partial charge in [-0.1, -0.05) is 12.1 Å². The van der Waals surface area contributed by atoms with Crippen LogP contribution in [0.5, 0.6) is 0 Å². The molecule has 1 heterocycles. The number of benzene rings is 1. The lowest BCUT2D eigenvalue weighted by Gasteiger charge is -2.34. The zero-order valence-electron chi connectivity index (χ0n) is 12.9. The van der Waals surface area contributed by atoms with Gasteiger partial charge in [-0.25, -0.2) is 4.79 Å². The van der Waals surface area contributed by atoms with E-state index >= 15 is 0 Å². The summed E-state index contributed by atoms with van der Waals surface area (Å²) in [6.07, 6.45) is 1.06. The monoisotopic (exact) mass is 307 g/mol. The van der Waals surface area contributed by atoms with Gasteiger partial charge in [-0.3, -0.25) is 4.79 Å². The summed E-state index contributed by atoms with van der Waals surface area (Å²) in [4.78, 5) is 25.8. The van der Waals surface area contributed by atoms with Gasteiger partial charge in [0.1, 0.15) is 0 Å². The summed E-state index contributed by atoms with van der Waals surface area (Å²) in [7, 11) is 3.06. The molecule has 1 unspecified atom stereocenters. The number of carbonyl (C=O) groups is 2. The van der Waals surface area contributed by atoms with Gasteiger partial charge in [0, 0.05) is 26.3 Å². The highest BCUT2D eigenvalue weighted by atomic mass is 16.5. The number of carboxylic acid groups (broad SMARTS) is 1. The van der Waals surface area contributed by atoms with Gasteiger partial charge < -0.3 is 19.5 Å². The first-order valence-corrected chi connectivity index (χ1v) is 7.17. The highest BCUT2D eigenvalue weighted by molar-refractivity contribution is 5.98. The van der Waals surface area contributed by atoms with Crippen molar-refractivity contribution in [1.29, 1.82) is 0 Å². The molecule has 2 rings (SSSR count). The molecular formula is C16H21NO5. The van der Waals surface area contributed by atoms with Gasteiger partial charge in [0.15, 0.2) is 5.54 Å². The molecule has 1 fully saturated rings. The molecule has 0 aliphatic carbocycles. The standard InChI is InChI=1S/C16H21NO5/c1-21-10-12-4-6-13(7-5-12)14(18)17-9-3-8-16(17,11-22-2)15(19)20/h4-7H,3,8-11H2,1-2H3,(H,19,20). The van der Waals surface area contributed by atoms with Crippen molar-refractivity contribution >= 4 is 11.9 Å². The Bertz CT molecular complexity index is 542. The van der Waals surface area contributed by atoms with Crippen molar-refractivity contribution in [2.45, 2.75) is 25.0 Å². The quantitative estimate of drug-likeness (QED) is 0.862. The summed E-state index contributed by atoms with van der Waals surface area (Å²) < 4.78 is 10.1. The Labute approximate surface area is 129 Å². The first-order chi connectivity index (χ1) is 10.5. The van der Waals surface area contributed by atoms with Crippen LogP contribution in [0.15, 0.2) is 24.3 Å². The van der Waals surface area contributed by atoms with E-state index in [0.717, 1.165) is 5.56 Å². The van der Waals surface area contributed by atoms with E-state index in [1.165, 1.54) is 12.0 Å². The molecule has 1 atom stereocenters. The molecule has 1 aromatic carbocycles. The third kappa shape index (κ3) is 2.98. The highest BCUT2D eigenvalue weighted by Crippen LogP contribution is 2.31. The number of methoxy groups -OCH3 is 2. The normalized spacial score (nSPS) is 21.1. The number of ether oxygens (including phenoxy) is 2. The lowest BCUT2D eigenvalue weighted by Crippen LogP contribution is -2.56. The predicted molar refractivity (Wildman–Crippen MR) is 79.7 cm³/mol. The van der Waals surface area contributed by atoms with Crippen molar-refractivity contribution in [3.8, 4) is 0 Å². The van der Waals surface area contributed by atoms with E-state index in [1.54, 1.807) is 19.2 Å². The number of carbonyl (C=O) groups excluding carboxylic acids is 1. The maximum atomic E-state index is 12.7. The van der Waals surface area contributed by atoms with Crippen molar-refractivity contribution in [2.24, 2.45) is 0 Å². The lowest BCUT2D eigenvalue weighted by molar-refractivity contribution is -0.151. The molecule has 22 heavy (non-hydrogen) atoms.